The lowest BCUT2D eigenvalue weighted by Crippen LogP contribution is -2.44. The normalized spacial score (nSPS) is 20.7. The van der Waals surface area contributed by atoms with Gasteiger partial charge >= 0.3 is 0 Å². The fraction of sp³-hybridized carbons (Fsp3) is 0.417. The number of rotatable bonds is 4. The first kappa shape index (κ1) is 19.6. The van der Waals surface area contributed by atoms with Gasteiger partial charge in [0.05, 0.1) is 6.04 Å². The van der Waals surface area contributed by atoms with E-state index in [4.69, 9.17) is 0 Å². The minimum Gasteiger partial charge on any atom is -0.337 e. The summed E-state index contributed by atoms with van der Waals surface area (Å²) in [6, 6.07) is 17.9. The van der Waals surface area contributed by atoms with Crippen LogP contribution in [0.15, 0.2) is 54.6 Å². The van der Waals surface area contributed by atoms with Gasteiger partial charge in [-0.2, -0.15) is 0 Å². The Kier molecular flexibility index (Phi) is 5.95. The van der Waals surface area contributed by atoms with Gasteiger partial charge in [-0.05, 0) is 37.0 Å². The summed E-state index contributed by atoms with van der Waals surface area (Å²) in [6.07, 6.45) is 1.78. The van der Waals surface area contributed by atoms with E-state index in [1.54, 1.807) is 0 Å². The first-order chi connectivity index (χ1) is 14.1. The van der Waals surface area contributed by atoms with Crippen LogP contribution in [0.25, 0.3) is 0 Å². The van der Waals surface area contributed by atoms with E-state index in [-0.39, 0.29) is 17.9 Å². The second kappa shape index (κ2) is 8.78. The van der Waals surface area contributed by atoms with Gasteiger partial charge in [0.2, 0.25) is 5.91 Å². The summed E-state index contributed by atoms with van der Waals surface area (Å²) < 4.78 is 0. The molecule has 2 aromatic rings. The average molecular weight is 392 g/mol. The van der Waals surface area contributed by atoms with Crippen molar-refractivity contribution in [3.8, 4) is 0 Å². The number of likely N-dealkylation sites (tertiary alicyclic amines) is 1. The lowest BCUT2D eigenvalue weighted by molar-refractivity contribution is -0.132. The van der Waals surface area contributed by atoms with E-state index in [0.29, 0.717) is 13.1 Å². The van der Waals surface area contributed by atoms with Gasteiger partial charge in [0.25, 0.3) is 5.91 Å². The van der Waals surface area contributed by atoms with Crippen molar-refractivity contribution in [1.29, 1.82) is 0 Å². The molecule has 1 atom stereocenters. The topological polar surface area (TPSA) is 43.9 Å². The molecule has 0 spiro atoms. The van der Waals surface area contributed by atoms with E-state index in [2.05, 4.69) is 17.0 Å². The monoisotopic (exact) mass is 391 g/mol. The van der Waals surface area contributed by atoms with Crippen molar-refractivity contribution in [2.24, 2.45) is 0 Å². The van der Waals surface area contributed by atoms with Crippen LogP contribution in [0, 0.1) is 6.92 Å². The zero-order valence-electron chi connectivity index (χ0n) is 17.1. The second-order valence-electron chi connectivity index (χ2n) is 8.05. The van der Waals surface area contributed by atoms with Gasteiger partial charge in [-0.1, -0.05) is 48.5 Å². The second-order valence-corrected chi connectivity index (χ2v) is 8.05. The fourth-order valence-electron chi connectivity index (χ4n) is 4.46. The SMILES string of the molecule is Cc1ccccc1C(=O)N1CCCN([C@@H]2CCN(Cc3ccccc3)C2=O)CC1. The number of nitrogens with zero attached hydrogens (tertiary/aromatic N) is 3. The zero-order valence-corrected chi connectivity index (χ0v) is 17.1. The third-order valence-electron chi connectivity index (χ3n) is 6.12. The van der Waals surface area contributed by atoms with Crippen molar-refractivity contribution in [1.82, 2.24) is 14.7 Å². The molecule has 2 heterocycles. The highest BCUT2D eigenvalue weighted by Crippen LogP contribution is 2.22. The molecule has 0 aromatic heterocycles. The molecule has 2 aromatic carbocycles. The Morgan fingerprint density at radius 1 is 0.931 bits per heavy atom. The first-order valence-corrected chi connectivity index (χ1v) is 10.5. The maximum Gasteiger partial charge on any atom is 0.254 e. The van der Waals surface area contributed by atoms with Crippen LogP contribution < -0.4 is 0 Å². The van der Waals surface area contributed by atoms with Gasteiger partial charge in [-0.3, -0.25) is 14.5 Å². The minimum absolute atomic E-state index is 0.0489. The molecule has 2 amide bonds. The van der Waals surface area contributed by atoms with E-state index in [9.17, 15) is 9.59 Å². The summed E-state index contributed by atoms with van der Waals surface area (Å²) in [5, 5.41) is 0. The molecule has 5 nitrogen and oxygen atoms in total. The molecule has 0 aliphatic carbocycles. The summed E-state index contributed by atoms with van der Waals surface area (Å²) in [7, 11) is 0. The Morgan fingerprint density at radius 2 is 1.69 bits per heavy atom. The molecule has 29 heavy (non-hydrogen) atoms. The molecule has 0 radical (unpaired) electrons. The Morgan fingerprint density at radius 3 is 2.48 bits per heavy atom. The number of aryl methyl sites for hydroxylation is 1. The van der Waals surface area contributed by atoms with Crippen LogP contribution in [0.5, 0.6) is 0 Å². The Balaban J connectivity index is 1.37. The maximum absolute atomic E-state index is 13.0. The van der Waals surface area contributed by atoms with Gasteiger partial charge in [0, 0.05) is 44.8 Å². The van der Waals surface area contributed by atoms with Crippen LogP contribution in [0.2, 0.25) is 0 Å². The standard InChI is InChI=1S/C24H29N3O2/c1-19-8-5-6-11-21(19)23(28)26-14-7-13-25(16-17-26)22-12-15-27(24(22)29)18-20-9-3-2-4-10-20/h2-6,8-11,22H,7,12-18H2,1H3/t22-/m1/s1. The molecule has 0 bridgehead atoms. The molecule has 0 unspecified atom stereocenters. The quantitative estimate of drug-likeness (QED) is 0.805. The van der Waals surface area contributed by atoms with Crippen molar-refractivity contribution in [3.05, 3.63) is 71.3 Å². The van der Waals surface area contributed by atoms with Crippen LogP contribution in [0.4, 0.5) is 0 Å². The molecule has 152 valence electrons. The van der Waals surface area contributed by atoms with Crippen LogP contribution in [0.3, 0.4) is 0 Å². The van der Waals surface area contributed by atoms with E-state index >= 15 is 0 Å². The summed E-state index contributed by atoms with van der Waals surface area (Å²) >= 11 is 0. The summed E-state index contributed by atoms with van der Waals surface area (Å²) in [4.78, 5) is 32.2. The Hall–Kier alpha value is -2.66. The predicted molar refractivity (Wildman–Crippen MR) is 114 cm³/mol. The summed E-state index contributed by atoms with van der Waals surface area (Å²) in [5.74, 6) is 0.334. The Bertz CT molecular complexity index is 867. The third-order valence-corrected chi connectivity index (χ3v) is 6.12. The van der Waals surface area contributed by atoms with Gasteiger partial charge in [-0.15, -0.1) is 0 Å². The fourth-order valence-corrected chi connectivity index (χ4v) is 4.46. The highest BCUT2D eigenvalue weighted by atomic mass is 16.2. The molecule has 2 aliphatic heterocycles. The number of carbonyl (C=O) groups excluding carboxylic acids is 2. The van der Waals surface area contributed by atoms with E-state index < -0.39 is 0 Å². The molecule has 2 aliphatic rings. The van der Waals surface area contributed by atoms with Crippen molar-refractivity contribution in [3.63, 3.8) is 0 Å². The smallest absolute Gasteiger partial charge is 0.254 e. The minimum atomic E-state index is -0.0489. The lowest BCUT2D eigenvalue weighted by Gasteiger charge is -2.27. The predicted octanol–water partition coefficient (Wildman–Crippen LogP) is 2.94. The highest BCUT2D eigenvalue weighted by molar-refractivity contribution is 5.95. The molecular formula is C24H29N3O2. The van der Waals surface area contributed by atoms with Crippen LogP contribution in [0.1, 0.15) is 34.3 Å². The van der Waals surface area contributed by atoms with E-state index in [0.717, 1.165) is 50.1 Å². The molecule has 5 heteroatoms. The lowest BCUT2D eigenvalue weighted by atomic mass is 10.1. The van der Waals surface area contributed by atoms with Gasteiger partial charge < -0.3 is 9.80 Å². The van der Waals surface area contributed by atoms with Crippen LogP contribution in [-0.4, -0.2) is 65.3 Å². The van der Waals surface area contributed by atoms with Crippen molar-refractivity contribution in [2.45, 2.75) is 32.4 Å². The third kappa shape index (κ3) is 4.35. The molecule has 0 N–H and O–H groups in total. The molecular weight excluding hydrogens is 362 g/mol. The van der Waals surface area contributed by atoms with Gasteiger partial charge in [0.15, 0.2) is 0 Å². The van der Waals surface area contributed by atoms with Gasteiger partial charge in [0.1, 0.15) is 0 Å². The first-order valence-electron chi connectivity index (χ1n) is 10.5. The largest absolute Gasteiger partial charge is 0.337 e. The van der Waals surface area contributed by atoms with E-state index in [1.807, 2.05) is 59.2 Å². The zero-order chi connectivity index (χ0) is 20.2. The number of carbonyl (C=O) groups is 2. The van der Waals surface area contributed by atoms with Crippen molar-refractivity contribution in [2.75, 3.05) is 32.7 Å². The summed E-state index contributed by atoms with van der Waals surface area (Å²) in [5.41, 5.74) is 2.97. The molecule has 2 saturated heterocycles. The molecule has 2 fully saturated rings. The van der Waals surface area contributed by atoms with Crippen molar-refractivity contribution >= 4 is 11.8 Å². The average Bonchev–Trinajstić information content (AvgIpc) is 2.94. The van der Waals surface area contributed by atoms with E-state index in [1.165, 1.54) is 5.56 Å². The number of benzene rings is 2. The maximum atomic E-state index is 13.0. The Labute approximate surface area is 172 Å². The van der Waals surface area contributed by atoms with Crippen LogP contribution >= 0.6 is 0 Å². The van der Waals surface area contributed by atoms with Crippen LogP contribution in [-0.2, 0) is 11.3 Å². The molecule has 4 rings (SSSR count). The number of amides is 2. The number of hydrogen-bond acceptors (Lipinski definition) is 3. The number of hydrogen-bond donors (Lipinski definition) is 0. The van der Waals surface area contributed by atoms with Gasteiger partial charge in [-0.25, -0.2) is 0 Å². The highest BCUT2D eigenvalue weighted by Gasteiger charge is 2.36. The summed E-state index contributed by atoms with van der Waals surface area (Å²) in [6.45, 7) is 6.52. The molecule has 0 saturated carbocycles. The van der Waals surface area contributed by atoms with Crippen molar-refractivity contribution < 1.29 is 9.59 Å².